The first-order valence-electron chi connectivity index (χ1n) is 7.46. The van der Waals surface area contributed by atoms with Gasteiger partial charge in [0.15, 0.2) is 11.5 Å². The third-order valence-corrected chi connectivity index (χ3v) is 3.97. The van der Waals surface area contributed by atoms with Crippen molar-refractivity contribution < 1.29 is 19.1 Å². The highest BCUT2D eigenvalue weighted by Crippen LogP contribution is 2.35. The monoisotopic (exact) mass is 322 g/mol. The van der Waals surface area contributed by atoms with Crippen LogP contribution in [0.3, 0.4) is 0 Å². The summed E-state index contributed by atoms with van der Waals surface area (Å²) in [6.45, 7) is 2.07. The lowest BCUT2D eigenvalue weighted by molar-refractivity contribution is -0.117. The molecule has 1 N–H and O–H groups in total. The Kier molecular flexibility index (Phi) is 3.23. The van der Waals surface area contributed by atoms with Crippen molar-refractivity contribution in [1.82, 2.24) is 5.43 Å². The van der Waals surface area contributed by atoms with E-state index in [-0.39, 0.29) is 18.3 Å². The summed E-state index contributed by atoms with van der Waals surface area (Å²) in [6.07, 6.45) is 1.58. The van der Waals surface area contributed by atoms with Crippen LogP contribution in [0.25, 0.3) is 6.08 Å². The maximum atomic E-state index is 12.6. The van der Waals surface area contributed by atoms with Gasteiger partial charge in [-0.2, -0.15) is 0 Å². The fourth-order valence-electron chi connectivity index (χ4n) is 2.69. The summed E-state index contributed by atoms with van der Waals surface area (Å²) in [4.78, 5) is 24.8. The smallest absolute Gasteiger partial charge is 0.282 e. The minimum atomic E-state index is -0.430. The van der Waals surface area contributed by atoms with Crippen molar-refractivity contribution in [2.45, 2.75) is 6.92 Å². The van der Waals surface area contributed by atoms with E-state index >= 15 is 0 Å². The Bertz CT molecular complexity index is 874. The van der Waals surface area contributed by atoms with Crippen molar-refractivity contribution in [3.63, 3.8) is 0 Å². The Morgan fingerprint density at radius 3 is 2.54 bits per heavy atom. The Labute approximate surface area is 138 Å². The van der Waals surface area contributed by atoms with E-state index in [1.807, 2.05) is 19.1 Å². The third kappa shape index (κ3) is 2.28. The summed E-state index contributed by atoms with van der Waals surface area (Å²) < 4.78 is 10.7. The Balaban J connectivity index is 1.71. The second-order valence-corrected chi connectivity index (χ2v) is 5.54. The summed E-state index contributed by atoms with van der Waals surface area (Å²) in [7, 11) is 0. The number of para-hydroxylation sites is 1. The van der Waals surface area contributed by atoms with Gasteiger partial charge in [0.05, 0.1) is 5.69 Å². The van der Waals surface area contributed by atoms with Crippen molar-refractivity contribution in [2.24, 2.45) is 0 Å². The van der Waals surface area contributed by atoms with Gasteiger partial charge < -0.3 is 9.47 Å². The molecular formula is C18H14N2O4. The topological polar surface area (TPSA) is 67.9 Å². The molecule has 0 aliphatic carbocycles. The highest BCUT2D eigenvalue weighted by molar-refractivity contribution is 6.31. The number of hydrazine groups is 1. The van der Waals surface area contributed by atoms with Gasteiger partial charge >= 0.3 is 0 Å². The van der Waals surface area contributed by atoms with Crippen LogP contribution in [0.15, 0.2) is 48.0 Å². The first kappa shape index (κ1) is 14.3. The fourth-order valence-corrected chi connectivity index (χ4v) is 2.69. The second-order valence-electron chi connectivity index (χ2n) is 5.54. The summed E-state index contributed by atoms with van der Waals surface area (Å²) in [6, 6.07) is 12.6. The van der Waals surface area contributed by atoms with E-state index in [1.54, 1.807) is 36.4 Å². The highest BCUT2D eigenvalue weighted by Gasteiger charge is 2.34. The number of aryl methyl sites for hydroxylation is 1. The van der Waals surface area contributed by atoms with Crippen LogP contribution in [0.4, 0.5) is 5.69 Å². The van der Waals surface area contributed by atoms with Gasteiger partial charge in [-0.05, 0) is 48.4 Å². The van der Waals surface area contributed by atoms with Gasteiger partial charge in [0, 0.05) is 0 Å². The van der Waals surface area contributed by atoms with Gasteiger partial charge in [-0.3, -0.25) is 15.0 Å². The number of ether oxygens (including phenoxy) is 2. The molecule has 0 aromatic heterocycles. The Morgan fingerprint density at radius 1 is 1.08 bits per heavy atom. The predicted octanol–water partition coefficient (Wildman–Crippen LogP) is 2.19. The van der Waals surface area contributed by atoms with E-state index in [4.69, 9.17) is 9.47 Å². The molecule has 0 saturated carbocycles. The van der Waals surface area contributed by atoms with Gasteiger partial charge in [-0.25, -0.2) is 5.01 Å². The molecule has 2 amide bonds. The molecule has 2 heterocycles. The van der Waals surface area contributed by atoms with Gasteiger partial charge in [0.25, 0.3) is 11.8 Å². The molecular weight excluding hydrogens is 308 g/mol. The van der Waals surface area contributed by atoms with Gasteiger partial charge in [0.2, 0.25) is 6.79 Å². The second kappa shape index (κ2) is 5.42. The van der Waals surface area contributed by atoms with E-state index in [2.05, 4.69) is 5.43 Å². The van der Waals surface area contributed by atoms with Crippen molar-refractivity contribution in [1.29, 1.82) is 0 Å². The van der Waals surface area contributed by atoms with Crippen molar-refractivity contribution in [3.8, 4) is 11.5 Å². The van der Waals surface area contributed by atoms with Crippen molar-refractivity contribution in [2.75, 3.05) is 11.8 Å². The maximum absolute atomic E-state index is 12.6. The van der Waals surface area contributed by atoms with Crippen LogP contribution in [-0.2, 0) is 9.59 Å². The molecule has 0 atom stereocenters. The molecule has 120 valence electrons. The van der Waals surface area contributed by atoms with Crippen molar-refractivity contribution in [3.05, 3.63) is 59.2 Å². The normalized spacial score (nSPS) is 17.5. The average Bonchev–Trinajstić information content (AvgIpc) is 3.14. The molecule has 4 rings (SSSR count). The van der Waals surface area contributed by atoms with Crippen molar-refractivity contribution >= 4 is 23.6 Å². The number of benzene rings is 2. The quantitative estimate of drug-likeness (QED) is 0.680. The van der Waals surface area contributed by atoms with Crippen LogP contribution in [0.5, 0.6) is 11.5 Å². The largest absolute Gasteiger partial charge is 0.454 e. The lowest BCUT2D eigenvalue weighted by atomic mass is 10.0. The van der Waals surface area contributed by atoms with E-state index in [1.165, 1.54) is 5.01 Å². The van der Waals surface area contributed by atoms with Gasteiger partial charge in [0.1, 0.15) is 5.57 Å². The Morgan fingerprint density at radius 2 is 1.79 bits per heavy atom. The molecule has 0 unspecified atom stereocenters. The van der Waals surface area contributed by atoms with Crippen LogP contribution in [-0.4, -0.2) is 18.6 Å². The minimum Gasteiger partial charge on any atom is -0.454 e. The number of nitrogens with one attached hydrogen (secondary N) is 1. The van der Waals surface area contributed by atoms with E-state index < -0.39 is 5.91 Å². The molecule has 0 spiro atoms. The zero-order chi connectivity index (χ0) is 16.7. The molecule has 2 aromatic carbocycles. The van der Waals surface area contributed by atoms with E-state index in [0.717, 1.165) is 11.1 Å². The first-order valence-corrected chi connectivity index (χ1v) is 7.46. The number of amides is 2. The molecule has 1 saturated heterocycles. The van der Waals surface area contributed by atoms with E-state index in [9.17, 15) is 9.59 Å². The molecule has 2 aromatic rings. The summed E-state index contributed by atoms with van der Waals surface area (Å²) in [5.74, 6) is 0.463. The van der Waals surface area contributed by atoms with Crippen LogP contribution >= 0.6 is 0 Å². The zero-order valence-electron chi connectivity index (χ0n) is 12.9. The molecule has 2 aliphatic heterocycles. The van der Waals surface area contributed by atoms with Gasteiger partial charge in [-0.1, -0.05) is 18.2 Å². The van der Waals surface area contributed by atoms with Gasteiger partial charge in [-0.15, -0.1) is 0 Å². The molecule has 2 aliphatic rings. The maximum Gasteiger partial charge on any atom is 0.282 e. The lowest BCUT2D eigenvalue weighted by Crippen LogP contribution is -2.35. The first-order chi connectivity index (χ1) is 11.6. The molecule has 0 bridgehead atoms. The third-order valence-electron chi connectivity index (χ3n) is 3.97. The van der Waals surface area contributed by atoms with Crippen LogP contribution < -0.4 is 19.9 Å². The van der Waals surface area contributed by atoms with Crippen LogP contribution in [0.1, 0.15) is 11.1 Å². The number of nitrogens with zero attached hydrogens (tertiary/aromatic N) is 1. The van der Waals surface area contributed by atoms with Crippen LogP contribution in [0, 0.1) is 6.92 Å². The summed E-state index contributed by atoms with van der Waals surface area (Å²) in [5, 5.41) is 1.25. The Hall–Kier alpha value is -3.28. The lowest BCUT2D eigenvalue weighted by Gasteiger charge is -2.13. The number of carbonyl (C=O) groups is 2. The number of anilines is 1. The number of fused-ring (bicyclic) bond motifs is 1. The minimum absolute atomic E-state index is 0.0841. The zero-order valence-corrected chi connectivity index (χ0v) is 12.9. The summed E-state index contributed by atoms with van der Waals surface area (Å²) in [5.41, 5.74) is 4.92. The predicted molar refractivity (Wildman–Crippen MR) is 87.3 cm³/mol. The average molecular weight is 322 g/mol. The molecule has 24 heavy (non-hydrogen) atoms. The van der Waals surface area contributed by atoms with Crippen LogP contribution in [0.2, 0.25) is 0 Å². The highest BCUT2D eigenvalue weighted by atomic mass is 16.7. The molecule has 0 radical (unpaired) electrons. The fraction of sp³-hybridized carbons (Fsp3) is 0.111. The number of rotatable bonds is 2. The molecule has 6 heteroatoms. The number of hydrogen-bond donors (Lipinski definition) is 1. The summed E-state index contributed by atoms with van der Waals surface area (Å²) >= 11 is 0. The standard InChI is InChI=1S/C18H14N2O4/c1-11-7-15-16(24-10-23-15)9-12(11)8-14-17(21)19-20(18(14)22)13-5-3-2-4-6-13/h2-9H,10H2,1H3,(H,19,21)/b14-8-. The number of carbonyl (C=O) groups excluding carboxylic acids is 2. The molecule has 1 fully saturated rings. The molecule has 6 nitrogen and oxygen atoms in total. The SMILES string of the molecule is Cc1cc2c(cc1/C=C1/C(=O)NN(c3ccccc3)C1=O)OCO2. The van der Waals surface area contributed by atoms with E-state index in [0.29, 0.717) is 17.2 Å². The number of hydrogen-bond acceptors (Lipinski definition) is 4.